The van der Waals surface area contributed by atoms with Crippen molar-refractivity contribution in [3.63, 3.8) is 0 Å². The molecule has 170 valence electrons. The molecule has 1 saturated heterocycles. The van der Waals surface area contributed by atoms with Gasteiger partial charge in [0.05, 0.1) is 34.4 Å². The molecular weight excluding hydrogens is 495 g/mol. The molecule has 0 spiro atoms. The van der Waals surface area contributed by atoms with Gasteiger partial charge in [-0.1, -0.05) is 41.4 Å². The molecule has 0 bridgehead atoms. The molecule has 0 atom stereocenters. The number of amides is 2. The first-order valence-corrected chi connectivity index (χ1v) is 11.5. The van der Waals surface area contributed by atoms with E-state index in [-0.39, 0.29) is 16.5 Å². The maximum Gasteiger partial charge on any atom is 0.298 e. The molecule has 0 saturated carbocycles. The average Bonchev–Trinajstić information content (AvgIpc) is 3.11. The van der Waals surface area contributed by atoms with Gasteiger partial charge < -0.3 is 9.47 Å². The van der Waals surface area contributed by atoms with E-state index in [1.54, 1.807) is 60.7 Å². The van der Waals surface area contributed by atoms with Gasteiger partial charge in [-0.25, -0.2) is 4.90 Å². The van der Waals surface area contributed by atoms with Crippen LogP contribution in [0.5, 0.6) is 11.5 Å². The number of rotatable bonds is 6. The molecule has 0 radical (unpaired) electrons. The number of nitriles is 1. The second-order valence-corrected chi connectivity index (χ2v) is 8.92. The van der Waals surface area contributed by atoms with Crippen molar-refractivity contribution in [2.75, 3.05) is 12.0 Å². The SMILES string of the molecule is COc1cc(/C=C2/SC(=O)N(c3ccc(Cl)cc3)C2=O)cc(Cl)c1OCc1ccccc1C#N. The maximum absolute atomic E-state index is 12.9. The fraction of sp³-hybridized carbons (Fsp3) is 0.0800. The third kappa shape index (κ3) is 4.90. The molecular formula is C25H16Cl2N2O4S. The van der Waals surface area contributed by atoms with Gasteiger partial charge in [0.1, 0.15) is 6.61 Å². The van der Waals surface area contributed by atoms with E-state index in [1.165, 1.54) is 7.11 Å². The highest BCUT2D eigenvalue weighted by molar-refractivity contribution is 8.19. The maximum atomic E-state index is 12.9. The molecule has 3 aromatic carbocycles. The van der Waals surface area contributed by atoms with Crippen LogP contribution in [-0.2, 0) is 11.4 Å². The quantitative estimate of drug-likeness (QED) is 0.343. The Kier molecular flexibility index (Phi) is 7.13. The normalized spacial score (nSPS) is 14.4. The van der Waals surface area contributed by atoms with E-state index < -0.39 is 11.1 Å². The zero-order valence-electron chi connectivity index (χ0n) is 17.7. The minimum atomic E-state index is -0.444. The lowest BCUT2D eigenvalue weighted by atomic mass is 10.1. The summed E-state index contributed by atoms with van der Waals surface area (Å²) in [7, 11) is 1.47. The smallest absolute Gasteiger partial charge is 0.298 e. The monoisotopic (exact) mass is 510 g/mol. The second-order valence-electron chi connectivity index (χ2n) is 7.09. The zero-order chi connectivity index (χ0) is 24.2. The van der Waals surface area contributed by atoms with Gasteiger partial charge >= 0.3 is 0 Å². The van der Waals surface area contributed by atoms with Crippen LogP contribution in [0.2, 0.25) is 10.0 Å². The van der Waals surface area contributed by atoms with E-state index in [4.69, 9.17) is 32.7 Å². The Morgan fingerprint density at radius 3 is 2.53 bits per heavy atom. The Bertz CT molecular complexity index is 1350. The van der Waals surface area contributed by atoms with Crippen LogP contribution in [0.25, 0.3) is 6.08 Å². The van der Waals surface area contributed by atoms with E-state index in [0.717, 1.165) is 16.7 Å². The summed E-state index contributed by atoms with van der Waals surface area (Å²) in [6.07, 6.45) is 1.57. The Balaban J connectivity index is 1.59. The van der Waals surface area contributed by atoms with Crippen molar-refractivity contribution in [2.45, 2.75) is 6.61 Å². The van der Waals surface area contributed by atoms with Gasteiger partial charge in [0.25, 0.3) is 11.1 Å². The van der Waals surface area contributed by atoms with Crippen LogP contribution < -0.4 is 14.4 Å². The summed E-state index contributed by atoms with van der Waals surface area (Å²) in [6.45, 7) is 0.124. The van der Waals surface area contributed by atoms with Crippen LogP contribution in [-0.4, -0.2) is 18.3 Å². The number of halogens is 2. The van der Waals surface area contributed by atoms with Crippen LogP contribution in [0.1, 0.15) is 16.7 Å². The third-order valence-corrected chi connectivity index (χ3v) is 6.34. The highest BCUT2D eigenvalue weighted by Gasteiger charge is 2.36. The van der Waals surface area contributed by atoms with Gasteiger partial charge in [0.2, 0.25) is 0 Å². The van der Waals surface area contributed by atoms with Gasteiger partial charge in [-0.15, -0.1) is 0 Å². The lowest BCUT2D eigenvalue weighted by molar-refractivity contribution is -0.113. The van der Waals surface area contributed by atoms with Crippen molar-refractivity contribution in [1.29, 1.82) is 5.26 Å². The van der Waals surface area contributed by atoms with E-state index in [9.17, 15) is 14.9 Å². The largest absolute Gasteiger partial charge is 0.493 e. The van der Waals surface area contributed by atoms with Gasteiger partial charge in [-0.05, 0) is 65.9 Å². The van der Waals surface area contributed by atoms with Crippen LogP contribution >= 0.6 is 35.0 Å². The highest BCUT2D eigenvalue weighted by atomic mass is 35.5. The van der Waals surface area contributed by atoms with Crippen LogP contribution in [0.15, 0.2) is 65.6 Å². The number of ether oxygens (including phenoxy) is 2. The number of hydrogen-bond donors (Lipinski definition) is 0. The van der Waals surface area contributed by atoms with Crippen molar-refractivity contribution in [3.05, 3.63) is 92.3 Å². The van der Waals surface area contributed by atoms with Crippen molar-refractivity contribution in [3.8, 4) is 17.6 Å². The predicted octanol–water partition coefficient (Wildman–Crippen LogP) is 6.69. The molecule has 34 heavy (non-hydrogen) atoms. The molecule has 9 heteroatoms. The number of methoxy groups -OCH3 is 1. The fourth-order valence-corrected chi connectivity index (χ4v) is 4.54. The average molecular weight is 511 g/mol. The van der Waals surface area contributed by atoms with Gasteiger partial charge in [-0.2, -0.15) is 5.26 Å². The summed E-state index contributed by atoms with van der Waals surface area (Å²) in [5.41, 5.74) is 2.22. The van der Waals surface area contributed by atoms with E-state index in [1.807, 2.05) is 6.07 Å². The Labute approximate surface area is 210 Å². The third-order valence-electron chi connectivity index (χ3n) is 4.94. The molecule has 0 N–H and O–H groups in total. The standard InChI is InChI=1S/C25H16Cl2N2O4S/c1-32-21-11-15(10-20(27)23(21)33-14-17-5-3-2-4-16(17)13-28)12-22-24(30)29(25(31)34-22)19-8-6-18(26)7-9-19/h2-12H,14H2,1H3/b22-12+. The van der Waals surface area contributed by atoms with E-state index in [0.29, 0.717) is 38.9 Å². The number of carbonyl (C=O) groups excluding carboxylic acids is 2. The van der Waals surface area contributed by atoms with Crippen molar-refractivity contribution in [1.82, 2.24) is 0 Å². The first-order chi connectivity index (χ1) is 16.4. The number of hydrogen-bond acceptors (Lipinski definition) is 6. The summed E-state index contributed by atoms with van der Waals surface area (Å²) >= 11 is 13.2. The minimum absolute atomic E-state index is 0.124. The predicted molar refractivity (Wildman–Crippen MR) is 133 cm³/mol. The summed E-state index contributed by atoms with van der Waals surface area (Å²) in [4.78, 5) is 26.7. The number of imide groups is 1. The van der Waals surface area contributed by atoms with Crippen molar-refractivity contribution >= 4 is 57.9 Å². The molecule has 1 aliphatic rings. The van der Waals surface area contributed by atoms with E-state index in [2.05, 4.69) is 6.07 Å². The molecule has 0 unspecified atom stereocenters. The first-order valence-electron chi connectivity index (χ1n) is 9.93. The fourth-order valence-electron chi connectivity index (χ4n) is 3.30. The summed E-state index contributed by atoms with van der Waals surface area (Å²) in [5.74, 6) is 0.217. The number of anilines is 1. The molecule has 6 nitrogen and oxygen atoms in total. The highest BCUT2D eigenvalue weighted by Crippen LogP contribution is 2.40. The number of carbonyl (C=O) groups is 2. The second kappa shape index (κ2) is 10.2. The molecule has 3 aromatic rings. The molecule has 1 heterocycles. The summed E-state index contributed by atoms with van der Waals surface area (Å²) < 4.78 is 11.3. The zero-order valence-corrected chi connectivity index (χ0v) is 20.1. The van der Waals surface area contributed by atoms with Crippen molar-refractivity contribution in [2.24, 2.45) is 0 Å². The van der Waals surface area contributed by atoms with E-state index >= 15 is 0 Å². The molecule has 1 fully saturated rings. The first kappa shape index (κ1) is 23.7. The number of benzene rings is 3. The number of thioether (sulfide) groups is 1. The van der Waals surface area contributed by atoms with Crippen LogP contribution in [0.3, 0.4) is 0 Å². The summed E-state index contributed by atoms with van der Waals surface area (Å²) in [5, 5.41) is 9.62. The van der Waals surface area contributed by atoms with Crippen LogP contribution in [0, 0.1) is 11.3 Å². The Hall–Kier alpha value is -3.44. The Morgan fingerprint density at radius 1 is 1.09 bits per heavy atom. The van der Waals surface area contributed by atoms with Gasteiger partial charge in [0, 0.05) is 10.6 Å². The topological polar surface area (TPSA) is 79.6 Å². The van der Waals surface area contributed by atoms with Crippen LogP contribution in [0.4, 0.5) is 10.5 Å². The number of nitrogens with zero attached hydrogens (tertiary/aromatic N) is 2. The molecule has 2 amide bonds. The lowest BCUT2D eigenvalue weighted by Crippen LogP contribution is -2.27. The molecule has 0 aliphatic carbocycles. The minimum Gasteiger partial charge on any atom is -0.493 e. The molecule has 4 rings (SSSR count). The lowest BCUT2D eigenvalue weighted by Gasteiger charge is -2.14. The molecule has 1 aliphatic heterocycles. The van der Waals surface area contributed by atoms with Gasteiger partial charge in [0.15, 0.2) is 11.5 Å². The Morgan fingerprint density at radius 2 is 1.82 bits per heavy atom. The van der Waals surface area contributed by atoms with Gasteiger partial charge in [-0.3, -0.25) is 9.59 Å². The molecule has 0 aromatic heterocycles. The summed E-state index contributed by atoms with van der Waals surface area (Å²) in [6, 6.07) is 18.9. The van der Waals surface area contributed by atoms with Crippen molar-refractivity contribution < 1.29 is 19.1 Å².